The highest BCUT2D eigenvalue weighted by molar-refractivity contribution is 7.91. The second-order valence-electron chi connectivity index (χ2n) is 5.36. The normalized spacial score (nSPS) is 23.4. The van der Waals surface area contributed by atoms with Crippen LogP contribution in [0.4, 0.5) is 5.13 Å². The molecular weight excluding hydrogens is 310 g/mol. The average molecular weight is 327 g/mol. The molecule has 1 fully saturated rings. The molecule has 0 spiro atoms. The van der Waals surface area contributed by atoms with Crippen LogP contribution in [0.3, 0.4) is 0 Å². The molecule has 114 valence electrons. The van der Waals surface area contributed by atoms with Crippen LogP contribution in [0.25, 0.3) is 0 Å². The Bertz CT molecular complexity index is 709. The summed E-state index contributed by atoms with van der Waals surface area (Å²) in [5.74, 6) is 1.47. The van der Waals surface area contributed by atoms with Gasteiger partial charge >= 0.3 is 0 Å². The maximum atomic E-state index is 11.4. The number of anilines is 1. The molecule has 0 saturated carbocycles. The van der Waals surface area contributed by atoms with Crippen LogP contribution in [-0.2, 0) is 10.0 Å². The second-order valence-corrected chi connectivity index (χ2v) is 8.16. The van der Waals surface area contributed by atoms with Gasteiger partial charge in [0.05, 0.1) is 18.5 Å². The zero-order valence-electron chi connectivity index (χ0n) is 11.6. The minimum atomic E-state index is -3.70. The zero-order valence-corrected chi connectivity index (χ0v) is 13.2. The van der Waals surface area contributed by atoms with E-state index in [0.29, 0.717) is 11.0 Å². The Morgan fingerprint density at radius 3 is 2.95 bits per heavy atom. The van der Waals surface area contributed by atoms with Crippen molar-refractivity contribution in [3.63, 3.8) is 0 Å². The van der Waals surface area contributed by atoms with Crippen LogP contribution < -0.4 is 10.0 Å². The predicted octanol–water partition coefficient (Wildman–Crippen LogP) is 2.36. The number of aromatic nitrogens is 1. The second kappa shape index (κ2) is 5.43. The highest BCUT2D eigenvalue weighted by Crippen LogP contribution is 2.39. The molecule has 1 saturated heterocycles. The van der Waals surface area contributed by atoms with Crippen molar-refractivity contribution in [2.45, 2.75) is 30.0 Å². The Morgan fingerprint density at radius 1 is 1.52 bits per heavy atom. The number of rotatable bonds is 3. The van der Waals surface area contributed by atoms with Crippen LogP contribution in [-0.4, -0.2) is 19.9 Å². The number of furan rings is 1. The molecule has 3 rings (SSSR count). The van der Waals surface area contributed by atoms with Gasteiger partial charge in [0, 0.05) is 6.54 Å². The standard InChI is InChI=1S/C13H17N3O3S2/c1-9-4-5-16(10(7-9)11-3-2-6-19-11)13-15-8-12(20-13)21(14,17)18/h2-3,6,8-10H,4-5,7H2,1H3,(H2,14,17,18)/t9-,10+/m0/s1. The molecule has 2 N–H and O–H groups in total. The van der Waals surface area contributed by atoms with Crippen LogP contribution in [0.5, 0.6) is 0 Å². The fourth-order valence-corrected chi connectivity index (χ4v) is 4.25. The molecule has 0 aromatic carbocycles. The van der Waals surface area contributed by atoms with Crippen molar-refractivity contribution in [3.05, 3.63) is 30.4 Å². The van der Waals surface area contributed by atoms with Crippen molar-refractivity contribution >= 4 is 26.5 Å². The minimum Gasteiger partial charge on any atom is -0.467 e. The Labute approximate surface area is 127 Å². The summed E-state index contributed by atoms with van der Waals surface area (Å²) in [5.41, 5.74) is 0. The minimum absolute atomic E-state index is 0.0863. The lowest BCUT2D eigenvalue weighted by molar-refractivity contribution is 0.328. The predicted molar refractivity (Wildman–Crippen MR) is 80.7 cm³/mol. The molecule has 0 bridgehead atoms. The van der Waals surface area contributed by atoms with Crippen molar-refractivity contribution in [1.82, 2.24) is 4.98 Å². The number of hydrogen-bond donors (Lipinski definition) is 1. The molecule has 1 aliphatic heterocycles. The average Bonchev–Trinajstić information content (AvgIpc) is 3.09. The van der Waals surface area contributed by atoms with Gasteiger partial charge in [0.1, 0.15) is 5.76 Å². The number of hydrogen-bond acceptors (Lipinski definition) is 6. The quantitative estimate of drug-likeness (QED) is 0.934. The molecule has 0 amide bonds. The summed E-state index contributed by atoms with van der Waals surface area (Å²) in [6.07, 6.45) is 4.98. The van der Waals surface area contributed by atoms with Gasteiger partial charge in [-0.3, -0.25) is 0 Å². The Hall–Kier alpha value is -1.38. The van der Waals surface area contributed by atoms with Crippen LogP contribution in [0.1, 0.15) is 31.6 Å². The number of piperidine rings is 1. The van der Waals surface area contributed by atoms with Crippen LogP contribution >= 0.6 is 11.3 Å². The number of nitrogens with two attached hydrogens (primary N) is 1. The van der Waals surface area contributed by atoms with Gasteiger partial charge in [0.2, 0.25) is 10.0 Å². The van der Waals surface area contributed by atoms with Gasteiger partial charge in [-0.15, -0.1) is 0 Å². The smallest absolute Gasteiger partial charge is 0.249 e. The first-order valence-corrected chi connectivity index (χ1v) is 9.10. The van der Waals surface area contributed by atoms with Crippen LogP contribution in [0.2, 0.25) is 0 Å². The lowest BCUT2D eigenvalue weighted by Gasteiger charge is -2.37. The largest absolute Gasteiger partial charge is 0.467 e. The molecule has 2 aromatic rings. The maximum absolute atomic E-state index is 11.4. The lowest BCUT2D eigenvalue weighted by Crippen LogP contribution is -2.36. The van der Waals surface area contributed by atoms with Gasteiger partial charge in [-0.2, -0.15) is 0 Å². The van der Waals surface area contributed by atoms with E-state index < -0.39 is 10.0 Å². The summed E-state index contributed by atoms with van der Waals surface area (Å²) in [6.45, 7) is 3.04. The molecule has 6 nitrogen and oxygen atoms in total. The SMILES string of the molecule is C[C@H]1CCN(c2ncc(S(N)(=O)=O)s2)[C@@H](c2ccco2)C1. The molecule has 2 aromatic heterocycles. The monoisotopic (exact) mass is 327 g/mol. The fourth-order valence-electron chi connectivity index (χ4n) is 2.64. The van der Waals surface area contributed by atoms with E-state index in [4.69, 9.17) is 9.56 Å². The Balaban J connectivity index is 1.93. The topological polar surface area (TPSA) is 89.4 Å². The van der Waals surface area contributed by atoms with Gasteiger partial charge in [-0.1, -0.05) is 18.3 Å². The number of sulfonamides is 1. The molecule has 1 aliphatic rings. The van der Waals surface area contributed by atoms with Gasteiger partial charge in [0.25, 0.3) is 0 Å². The molecule has 0 unspecified atom stereocenters. The zero-order chi connectivity index (χ0) is 15.0. The summed E-state index contributed by atoms with van der Waals surface area (Å²) in [7, 11) is -3.70. The first-order chi connectivity index (χ1) is 9.95. The lowest BCUT2D eigenvalue weighted by atomic mass is 9.91. The molecule has 8 heteroatoms. The summed E-state index contributed by atoms with van der Waals surface area (Å²) < 4.78 is 28.4. The van der Waals surface area contributed by atoms with Gasteiger partial charge < -0.3 is 9.32 Å². The molecule has 2 atom stereocenters. The summed E-state index contributed by atoms with van der Waals surface area (Å²) in [5, 5.41) is 5.83. The highest BCUT2D eigenvalue weighted by Gasteiger charge is 2.31. The van der Waals surface area contributed by atoms with Gasteiger partial charge in [-0.05, 0) is 30.9 Å². The van der Waals surface area contributed by atoms with E-state index in [1.807, 2.05) is 12.1 Å². The Morgan fingerprint density at radius 2 is 2.33 bits per heavy atom. The van der Waals surface area contributed by atoms with E-state index in [9.17, 15) is 8.42 Å². The van der Waals surface area contributed by atoms with E-state index in [1.165, 1.54) is 6.20 Å². The van der Waals surface area contributed by atoms with Crippen molar-refractivity contribution in [2.75, 3.05) is 11.4 Å². The van der Waals surface area contributed by atoms with Gasteiger partial charge in [0.15, 0.2) is 9.34 Å². The molecule has 0 radical (unpaired) electrons. The first-order valence-electron chi connectivity index (χ1n) is 6.74. The molecule has 3 heterocycles. The van der Waals surface area contributed by atoms with E-state index >= 15 is 0 Å². The van der Waals surface area contributed by atoms with E-state index in [0.717, 1.165) is 36.5 Å². The first kappa shape index (κ1) is 14.6. The molecule has 21 heavy (non-hydrogen) atoms. The van der Waals surface area contributed by atoms with Gasteiger partial charge in [-0.25, -0.2) is 18.5 Å². The van der Waals surface area contributed by atoms with E-state index in [1.54, 1.807) is 6.26 Å². The van der Waals surface area contributed by atoms with Crippen LogP contribution in [0, 0.1) is 5.92 Å². The molecule has 0 aliphatic carbocycles. The highest BCUT2D eigenvalue weighted by atomic mass is 32.2. The summed E-state index contributed by atoms with van der Waals surface area (Å²) in [6, 6.07) is 3.90. The summed E-state index contributed by atoms with van der Waals surface area (Å²) >= 11 is 1.11. The van der Waals surface area contributed by atoms with E-state index in [-0.39, 0.29) is 10.3 Å². The number of thiazole rings is 1. The maximum Gasteiger partial charge on any atom is 0.249 e. The summed E-state index contributed by atoms with van der Waals surface area (Å²) in [4.78, 5) is 6.34. The number of primary sulfonamides is 1. The third-order valence-corrected chi connectivity index (χ3v) is 6.18. The Kier molecular flexibility index (Phi) is 3.76. The van der Waals surface area contributed by atoms with E-state index in [2.05, 4.69) is 16.8 Å². The number of nitrogens with zero attached hydrogens (tertiary/aromatic N) is 2. The van der Waals surface area contributed by atoms with Crippen molar-refractivity contribution < 1.29 is 12.8 Å². The van der Waals surface area contributed by atoms with Crippen molar-refractivity contribution in [1.29, 1.82) is 0 Å². The third kappa shape index (κ3) is 2.97. The third-order valence-electron chi connectivity index (χ3n) is 3.73. The van der Waals surface area contributed by atoms with Crippen molar-refractivity contribution in [2.24, 2.45) is 11.1 Å². The molecular formula is C13H17N3O3S2. The van der Waals surface area contributed by atoms with Crippen LogP contribution in [0.15, 0.2) is 33.2 Å². The van der Waals surface area contributed by atoms with Crippen molar-refractivity contribution in [3.8, 4) is 0 Å². The fraction of sp³-hybridized carbons (Fsp3) is 0.462.